The molecule has 0 fully saturated rings. The highest BCUT2D eigenvalue weighted by Crippen LogP contribution is 2.37. The predicted molar refractivity (Wildman–Crippen MR) is 82.5 cm³/mol. The Morgan fingerprint density at radius 2 is 1.79 bits per heavy atom. The van der Waals surface area contributed by atoms with Gasteiger partial charge in [-0.3, -0.25) is 0 Å². The summed E-state index contributed by atoms with van der Waals surface area (Å²) >= 11 is 13.2. The molecule has 0 radical (unpaired) electrons. The van der Waals surface area contributed by atoms with Crippen molar-refractivity contribution >= 4 is 43.5 Å². The number of alkyl halides is 1. The average molecular weight is 408 g/mol. The lowest BCUT2D eigenvalue weighted by Crippen LogP contribution is -1.99. The predicted octanol–water partition coefficient (Wildman–Crippen LogP) is 5.69. The van der Waals surface area contributed by atoms with Crippen LogP contribution in [0.1, 0.15) is 16.5 Å². The highest BCUT2D eigenvalue weighted by atomic mass is 79.9. The largest absolute Gasteiger partial charge is 0.497 e. The van der Waals surface area contributed by atoms with Crippen LogP contribution in [0.25, 0.3) is 0 Å². The fourth-order valence-corrected chi connectivity index (χ4v) is 3.49. The summed E-state index contributed by atoms with van der Waals surface area (Å²) in [5.41, 5.74) is 1.24. The maximum absolute atomic E-state index is 14.0. The summed E-state index contributed by atoms with van der Waals surface area (Å²) in [6.45, 7) is 0. The molecule has 2 aromatic rings. The molecule has 2 rings (SSSR count). The van der Waals surface area contributed by atoms with Crippen LogP contribution in [0.15, 0.2) is 45.3 Å². The van der Waals surface area contributed by atoms with Gasteiger partial charge in [0.2, 0.25) is 0 Å². The van der Waals surface area contributed by atoms with Gasteiger partial charge >= 0.3 is 0 Å². The first kappa shape index (κ1) is 14.8. The molecule has 0 bridgehead atoms. The molecule has 0 saturated carbocycles. The van der Waals surface area contributed by atoms with Crippen molar-refractivity contribution in [3.8, 4) is 5.75 Å². The summed E-state index contributed by atoms with van der Waals surface area (Å²) in [5, 5.41) is -0.562. The van der Waals surface area contributed by atoms with Gasteiger partial charge in [0, 0.05) is 20.6 Å². The molecule has 0 saturated heterocycles. The Morgan fingerprint density at radius 1 is 1.11 bits per heavy atom. The molecule has 0 aliphatic heterocycles. The zero-order valence-corrected chi connectivity index (χ0v) is 13.9. The minimum atomic E-state index is -0.562. The minimum absolute atomic E-state index is 0.380. The molecule has 19 heavy (non-hydrogen) atoms. The fourth-order valence-electron chi connectivity index (χ4n) is 1.71. The number of hydrogen-bond donors (Lipinski definition) is 0. The van der Waals surface area contributed by atoms with E-state index < -0.39 is 5.38 Å². The van der Waals surface area contributed by atoms with Crippen LogP contribution >= 0.6 is 43.5 Å². The van der Waals surface area contributed by atoms with Crippen molar-refractivity contribution in [2.24, 2.45) is 0 Å². The molecule has 0 spiro atoms. The molecule has 0 N–H and O–H groups in total. The molecule has 100 valence electrons. The summed E-state index contributed by atoms with van der Waals surface area (Å²) in [4.78, 5) is 0. The van der Waals surface area contributed by atoms with Crippen molar-refractivity contribution in [3.05, 3.63) is 62.3 Å². The Hall–Kier alpha value is -0.580. The molecule has 0 aliphatic rings. The molecule has 0 amide bonds. The lowest BCUT2D eigenvalue weighted by atomic mass is 10.0. The van der Waals surface area contributed by atoms with Gasteiger partial charge in [-0.25, -0.2) is 4.39 Å². The molecule has 0 aliphatic carbocycles. The van der Waals surface area contributed by atoms with Gasteiger partial charge in [-0.1, -0.05) is 44.0 Å². The van der Waals surface area contributed by atoms with Crippen LogP contribution in [0.5, 0.6) is 5.75 Å². The highest BCUT2D eigenvalue weighted by Gasteiger charge is 2.18. The number of rotatable bonds is 3. The van der Waals surface area contributed by atoms with Crippen molar-refractivity contribution in [1.82, 2.24) is 0 Å². The third-order valence-electron chi connectivity index (χ3n) is 2.72. The third-order valence-corrected chi connectivity index (χ3v) is 4.37. The molecule has 0 heterocycles. The molecule has 1 atom stereocenters. The first-order valence-corrected chi connectivity index (χ1v) is 7.47. The van der Waals surface area contributed by atoms with Crippen LogP contribution < -0.4 is 4.74 Å². The Labute approximate surface area is 133 Å². The fraction of sp³-hybridized carbons (Fsp3) is 0.143. The topological polar surface area (TPSA) is 9.23 Å². The Bertz CT molecular complexity index is 604. The highest BCUT2D eigenvalue weighted by molar-refractivity contribution is 9.11. The summed E-state index contributed by atoms with van der Waals surface area (Å²) in [7, 11) is 1.50. The van der Waals surface area contributed by atoms with Gasteiger partial charge in [0.05, 0.1) is 12.5 Å². The molecule has 1 unspecified atom stereocenters. The van der Waals surface area contributed by atoms with E-state index in [0.717, 1.165) is 14.5 Å². The maximum atomic E-state index is 14.0. The second kappa shape index (κ2) is 6.25. The molecule has 1 nitrogen and oxygen atoms in total. The van der Waals surface area contributed by atoms with Crippen molar-refractivity contribution in [3.63, 3.8) is 0 Å². The SMILES string of the molecule is COc1ccc(C(Cl)c2ccc(Br)cc2Br)c(F)c1. The summed E-state index contributed by atoms with van der Waals surface area (Å²) in [6, 6.07) is 10.3. The Kier molecular flexibility index (Phi) is 4.87. The quantitative estimate of drug-likeness (QED) is 0.593. The number of ether oxygens (including phenoxy) is 1. The van der Waals surface area contributed by atoms with Gasteiger partial charge in [-0.15, -0.1) is 11.6 Å². The van der Waals surface area contributed by atoms with Gasteiger partial charge in [-0.05, 0) is 23.8 Å². The van der Waals surface area contributed by atoms with Gasteiger partial charge < -0.3 is 4.74 Å². The molecule has 2 aromatic carbocycles. The van der Waals surface area contributed by atoms with Crippen molar-refractivity contribution in [1.29, 1.82) is 0 Å². The second-order valence-corrected chi connectivity index (χ2v) is 6.12. The van der Waals surface area contributed by atoms with Crippen LogP contribution in [0, 0.1) is 5.82 Å². The minimum Gasteiger partial charge on any atom is -0.497 e. The first-order valence-electron chi connectivity index (χ1n) is 5.45. The third kappa shape index (κ3) is 3.30. The zero-order valence-electron chi connectivity index (χ0n) is 9.96. The normalized spacial score (nSPS) is 12.3. The van der Waals surface area contributed by atoms with Crippen LogP contribution in [-0.4, -0.2) is 7.11 Å². The molecule has 5 heteroatoms. The number of hydrogen-bond acceptors (Lipinski definition) is 1. The van der Waals surface area contributed by atoms with E-state index in [-0.39, 0.29) is 5.82 Å². The van der Waals surface area contributed by atoms with E-state index in [1.807, 2.05) is 18.2 Å². The van der Waals surface area contributed by atoms with Crippen molar-refractivity contribution in [2.45, 2.75) is 5.38 Å². The van der Waals surface area contributed by atoms with E-state index in [2.05, 4.69) is 31.9 Å². The Morgan fingerprint density at radius 3 is 2.37 bits per heavy atom. The van der Waals surface area contributed by atoms with Gasteiger partial charge in [0.1, 0.15) is 11.6 Å². The summed E-state index contributed by atoms with van der Waals surface area (Å²) in [6.07, 6.45) is 0. The molecule has 0 aromatic heterocycles. The first-order chi connectivity index (χ1) is 9.02. The van der Waals surface area contributed by atoms with Crippen LogP contribution in [0.4, 0.5) is 4.39 Å². The van der Waals surface area contributed by atoms with Crippen LogP contribution in [-0.2, 0) is 0 Å². The monoisotopic (exact) mass is 406 g/mol. The van der Waals surface area contributed by atoms with E-state index in [1.54, 1.807) is 12.1 Å². The van der Waals surface area contributed by atoms with E-state index in [0.29, 0.717) is 11.3 Å². The molecular weight excluding hydrogens is 398 g/mol. The summed E-state index contributed by atoms with van der Waals surface area (Å²) in [5.74, 6) is 0.0918. The Balaban J connectivity index is 2.41. The average Bonchev–Trinajstić information content (AvgIpc) is 2.37. The molecular formula is C14H10Br2ClFO. The number of halogens is 4. The van der Waals surface area contributed by atoms with E-state index in [4.69, 9.17) is 16.3 Å². The van der Waals surface area contributed by atoms with E-state index >= 15 is 0 Å². The van der Waals surface area contributed by atoms with Gasteiger partial charge in [0.15, 0.2) is 0 Å². The van der Waals surface area contributed by atoms with Gasteiger partial charge in [-0.2, -0.15) is 0 Å². The van der Waals surface area contributed by atoms with Gasteiger partial charge in [0.25, 0.3) is 0 Å². The number of methoxy groups -OCH3 is 1. The lowest BCUT2D eigenvalue weighted by Gasteiger charge is -2.14. The van der Waals surface area contributed by atoms with Crippen LogP contribution in [0.2, 0.25) is 0 Å². The van der Waals surface area contributed by atoms with E-state index in [9.17, 15) is 4.39 Å². The van der Waals surface area contributed by atoms with Crippen molar-refractivity contribution < 1.29 is 9.13 Å². The van der Waals surface area contributed by atoms with Crippen molar-refractivity contribution in [2.75, 3.05) is 7.11 Å². The maximum Gasteiger partial charge on any atom is 0.131 e. The van der Waals surface area contributed by atoms with E-state index in [1.165, 1.54) is 13.2 Å². The zero-order chi connectivity index (χ0) is 14.0. The number of benzene rings is 2. The smallest absolute Gasteiger partial charge is 0.131 e. The standard InChI is InChI=1S/C14H10Br2ClFO/c1-19-9-3-5-11(13(18)7-9)14(17)10-4-2-8(15)6-12(10)16/h2-7,14H,1H3. The summed E-state index contributed by atoms with van der Waals surface area (Å²) < 4.78 is 20.7. The lowest BCUT2D eigenvalue weighted by molar-refractivity contribution is 0.410. The van der Waals surface area contributed by atoms with Crippen LogP contribution in [0.3, 0.4) is 0 Å². The second-order valence-electron chi connectivity index (χ2n) is 3.92.